The van der Waals surface area contributed by atoms with E-state index in [9.17, 15) is 0 Å². The molecule has 0 aliphatic carbocycles. The van der Waals surface area contributed by atoms with Crippen LogP contribution in [0, 0.1) is 0 Å². The highest BCUT2D eigenvalue weighted by Crippen LogP contribution is 2.45. The van der Waals surface area contributed by atoms with E-state index >= 15 is 0 Å². The molecule has 1 heterocycles. The summed E-state index contributed by atoms with van der Waals surface area (Å²) in [5, 5.41) is 7.80. The summed E-state index contributed by atoms with van der Waals surface area (Å²) in [5.74, 6) is 2.11. The standard InChI is InChI=1S/C57H62O/c1-32(2)45-30-47(34(5)6)48(31-46(45)33(3)4)41-17-23-44-52(29-41)56(36(9)10)43-22-16-39(28-51(43)55(44)35(7)8)40-19-25-54-50(27-40)49-26-38(18-24-53(49)58-54)37-14-20-42(21-15-37)57(11,12)13/h14-36H,1-13H3. The van der Waals surface area contributed by atoms with Gasteiger partial charge in [-0.15, -0.1) is 0 Å². The Balaban J connectivity index is 1.28. The zero-order chi connectivity index (χ0) is 41.4. The van der Waals surface area contributed by atoms with Crippen LogP contribution in [0.15, 0.2) is 114 Å². The van der Waals surface area contributed by atoms with Crippen LogP contribution in [0.3, 0.4) is 0 Å². The maximum Gasteiger partial charge on any atom is 0.135 e. The lowest BCUT2D eigenvalue weighted by atomic mass is 9.80. The van der Waals surface area contributed by atoms with Crippen molar-refractivity contribution in [3.63, 3.8) is 0 Å². The summed E-state index contributed by atoms with van der Waals surface area (Å²) in [6.07, 6.45) is 0. The molecule has 1 heteroatoms. The molecule has 8 aromatic rings. The zero-order valence-electron chi connectivity index (χ0n) is 37.2. The van der Waals surface area contributed by atoms with E-state index in [0.29, 0.717) is 29.6 Å². The summed E-state index contributed by atoms with van der Waals surface area (Å²) in [7, 11) is 0. The first-order chi connectivity index (χ1) is 27.5. The lowest BCUT2D eigenvalue weighted by Crippen LogP contribution is -2.10. The molecule has 7 aromatic carbocycles. The van der Waals surface area contributed by atoms with Crippen LogP contribution < -0.4 is 0 Å². The Kier molecular flexibility index (Phi) is 10.2. The molecule has 0 unspecified atom stereocenters. The molecule has 0 atom stereocenters. The Morgan fingerprint density at radius 3 is 1.21 bits per heavy atom. The van der Waals surface area contributed by atoms with E-state index in [1.54, 1.807) is 0 Å². The molecule has 0 aliphatic heterocycles. The number of furan rings is 1. The van der Waals surface area contributed by atoms with E-state index < -0.39 is 0 Å². The molecule has 8 rings (SSSR count). The highest BCUT2D eigenvalue weighted by molar-refractivity contribution is 6.10. The van der Waals surface area contributed by atoms with Crippen LogP contribution in [0.1, 0.15) is 153 Å². The molecule has 1 aromatic heterocycles. The van der Waals surface area contributed by atoms with E-state index in [2.05, 4.69) is 199 Å². The first kappa shape index (κ1) is 39.7. The average Bonchev–Trinajstić information content (AvgIpc) is 3.55. The van der Waals surface area contributed by atoms with Crippen molar-refractivity contribution in [1.82, 2.24) is 0 Å². The van der Waals surface area contributed by atoms with Gasteiger partial charge >= 0.3 is 0 Å². The fraction of sp³-hybridized carbons (Fsp3) is 0.333. The minimum atomic E-state index is 0.126. The van der Waals surface area contributed by atoms with E-state index in [-0.39, 0.29) is 5.41 Å². The number of fused-ring (bicyclic) bond motifs is 5. The summed E-state index contributed by atoms with van der Waals surface area (Å²) in [6.45, 7) is 30.3. The minimum Gasteiger partial charge on any atom is -0.456 e. The van der Waals surface area contributed by atoms with Crippen molar-refractivity contribution < 1.29 is 4.42 Å². The third-order valence-corrected chi connectivity index (χ3v) is 12.7. The molecular weight excluding hydrogens is 701 g/mol. The monoisotopic (exact) mass is 762 g/mol. The lowest BCUT2D eigenvalue weighted by molar-refractivity contribution is 0.590. The van der Waals surface area contributed by atoms with Gasteiger partial charge in [0.2, 0.25) is 0 Å². The summed E-state index contributed by atoms with van der Waals surface area (Å²) in [4.78, 5) is 0. The zero-order valence-corrected chi connectivity index (χ0v) is 37.2. The van der Waals surface area contributed by atoms with Gasteiger partial charge in [0, 0.05) is 10.8 Å². The third kappa shape index (κ3) is 6.95. The van der Waals surface area contributed by atoms with Gasteiger partial charge in [-0.3, -0.25) is 0 Å². The van der Waals surface area contributed by atoms with Crippen LogP contribution in [0.25, 0.3) is 76.9 Å². The lowest BCUT2D eigenvalue weighted by Gasteiger charge is -2.25. The first-order valence-electron chi connectivity index (χ1n) is 21.8. The van der Waals surface area contributed by atoms with Crippen molar-refractivity contribution in [2.24, 2.45) is 0 Å². The molecular formula is C57H62O. The predicted molar refractivity (Wildman–Crippen MR) is 254 cm³/mol. The second-order valence-corrected chi connectivity index (χ2v) is 19.5. The van der Waals surface area contributed by atoms with Gasteiger partial charge < -0.3 is 4.42 Å². The van der Waals surface area contributed by atoms with Crippen molar-refractivity contribution in [2.75, 3.05) is 0 Å². The molecule has 296 valence electrons. The van der Waals surface area contributed by atoms with Gasteiger partial charge in [0.1, 0.15) is 11.2 Å². The molecule has 1 nitrogen and oxygen atoms in total. The van der Waals surface area contributed by atoms with E-state index in [1.165, 1.54) is 88.3 Å². The van der Waals surface area contributed by atoms with Gasteiger partial charge in [-0.05, 0) is 160 Å². The van der Waals surface area contributed by atoms with Crippen LogP contribution >= 0.6 is 0 Å². The van der Waals surface area contributed by atoms with E-state index in [4.69, 9.17) is 4.42 Å². The molecule has 0 fully saturated rings. The molecule has 0 amide bonds. The number of benzene rings is 7. The van der Waals surface area contributed by atoms with E-state index in [1.807, 2.05) is 0 Å². The van der Waals surface area contributed by atoms with Crippen LogP contribution in [0.2, 0.25) is 0 Å². The average molecular weight is 763 g/mol. The Bertz CT molecular complexity index is 2830. The second kappa shape index (κ2) is 14.9. The third-order valence-electron chi connectivity index (χ3n) is 12.7. The maximum atomic E-state index is 6.41. The van der Waals surface area contributed by atoms with Crippen LogP contribution in [-0.2, 0) is 5.41 Å². The van der Waals surface area contributed by atoms with Gasteiger partial charge in [-0.1, -0.05) is 163 Å². The van der Waals surface area contributed by atoms with Crippen LogP contribution in [0.4, 0.5) is 0 Å². The van der Waals surface area contributed by atoms with Crippen LogP contribution in [0.5, 0.6) is 0 Å². The molecule has 58 heavy (non-hydrogen) atoms. The summed E-state index contributed by atoms with van der Waals surface area (Å²) < 4.78 is 6.41. The fourth-order valence-electron chi connectivity index (χ4n) is 9.56. The maximum absolute atomic E-state index is 6.41. The van der Waals surface area contributed by atoms with Crippen molar-refractivity contribution in [3.8, 4) is 33.4 Å². The number of hydrogen-bond donors (Lipinski definition) is 0. The highest BCUT2D eigenvalue weighted by atomic mass is 16.3. The van der Waals surface area contributed by atoms with Crippen LogP contribution in [-0.4, -0.2) is 0 Å². The Hall–Kier alpha value is -5.14. The van der Waals surface area contributed by atoms with E-state index in [0.717, 1.165) is 21.9 Å². The number of rotatable bonds is 8. The normalized spacial score (nSPS) is 12.7. The summed E-state index contributed by atoms with van der Waals surface area (Å²) in [6, 6.07) is 42.0. The van der Waals surface area contributed by atoms with Crippen molar-refractivity contribution >= 4 is 43.5 Å². The first-order valence-corrected chi connectivity index (χ1v) is 21.8. The molecule has 0 saturated heterocycles. The molecule has 0 aliphatic rings. The molecule has 0 radical (unpaired) electrons. The van der Waals surface area contributed by atoms with Gasteiger partial charge in [0.05, 0.1) is 0 Å². The molecule has 0 spiro atoms. The van der Waals surface area contributed by atoms with Gasteiger partial charge in [0.25, 0.3) is 0 Å². The van der Waals surface area contributed by atoms with Crippen molar-refractivity contribution in [2.45, 2.75) is 125 Å². The van der Waals surface area contributed by atoms with Gasteiger partial charge in [-0.25, -0.2) is 0 Å². The Morgan fingerprint density at radius 1 is 0.345 bits per heavy atom. The van der Waals surface area contributed by atoms with Gasteiger partial charge in [0.15, 0.2) is 0 Å². The second-order valence-electron chi connectivity index (χ2n) is 19.5. The number of hydrogen-bond acceptors (Lipinski definition) is 1. The minimum absolute atomic E-state index is 0.126. The molecule has 0 N–H and O–H groups in total. The SMILES string of the molecule is CC(C)c1cc(C(C)C)c(C(C)C)cc1-c1ccc2c(C(C)C)c3cc(-c4ccc5oc6ccc(-c7ccc(C(C)(C)C)cc7)cc6c5c4)ccc3c(C(C)C)c2c1. The van der Waals surface area contributed by atoms with Gasteiger partial charge in [-0.2, -0.15) is 0 Å². The predicted octanol–water partition coefficient (Wildman–Crippen LogP) is 17.8. The Labute approximate surface area is 347 Å². The quantitative estimate of drug-likeness (QED) is 0.141. The highest BCUT2D eigenvalue weighted by Gasteiger charge is 2.22. The molecule has 0 saturated carbocycles. The van der Waals surface area contributed by atoms with Crippen molar-refractivity contribution in [1.29, 1.82) is 0 Å². The summed E-state index contributed by atoms with van der Waals surface area (Å²) >= 11 is 0. The Morgan fingerprint density at radius 2 is 0.741 bits per heavy atom. The molecule has 0 bridgehead atoms. The smallest absolute Gasteiger partial charge is 0.135 e. The fourth-order valence-corrected chi connectivity index (χ4v) is 9.56. The van der Waals surface area contributed by atoms with Crippen molar-refractivity contribution in [3.05, 3.63) is 143 Å². The summed E-state index contributed by atoms with van der Waals surface area (Å²) in [5.41, 5.74) is 18.2. The topological polar surface area (TPSA) is 13.1 Å². The largest absolute Gasteiger partial charge is 0.456 e.